The number of ether oxygens (including phenoxy) is 3. The minimum Gasteiger partial charge on any atom is -0.495 e. The molecular formula is C23H28N2O4. The molecule has 0 aliphatic rings. The summed E-state index contributed by atoms with van der Waals surface area (Å²) >= 11 is 0. The van der Waals surface area contributed by atoms with Crippen LogP contribution in [-0.4, -0.2) is 56.4 Å². The van der Waals surface area contributed by atoms with Gasteiger partial charge in [-0.15, -0.1) is 0 Å². The Bertz CT molecular complexity index is 1010. The van der Waals surface area contributed by atoms with Crippen LogP contribution < -0.4 is 9.47 Å². The number of para-hydroxylation sites is 2. The first kappa shape index (κ1) is 20.7. The minimum atomic E-state index is -0.339. The van der Waals surface area contributed by atoms with Crippen molar-refractivity contribution in [3.63, 3.8) is 0 Å². The van der Waals surface area contributed by atoms with Gasteiger partial charge in [0, 0.05) is 17.6 Å². The van der Waals surface area contributed by atoms with Crippen LogP contribution in [0.2, 0.25) is 0 Å². The molecule has 0 aliphatic heterocycles. The molecule has 3 aromatic rings. The first-order chi connectivity index (χ1) is 14.0. The zero-order chi connectivity index (χ0) is 21.0. The van der Waals surface area contributed by atoms with Crippen molar-refractivity contribution in [2.75, 3.05) is 41.0 Å². The molecule has 154 valence electrons. The van der Waals surface area contributed by atoms with E-state index < -0.39 is 0 Å². The number of methoxy groups -OCH3 is 1. The fourth-order valence-electron chi connectivity index (χ4n) is 3.42. The number of esters is 1. The normalized spacial score (nSPS) is 11.1. The maximum absolute atomic E-state index is 12.8. The molecule has 29 heavy (non-hydrogen) atoms. The van der Waals surface area contributed by atoms with Crippen molar-refractivity contribution >= 4 is 16.9 Å². The van der Waals surface area contributed by atoms with Crippen LogP contribution >= 0.6 is 0 Å². The molecule has 0 amide bonds. The van der Waals surface area contributed by atoms with E-state index in [1.807, 2.05) is 75.0 Å². The zero-order valence-electron chi connectivity index (χ0n) is 17.7. The molecule has 0 saturated carbocycles. The second-order valence-corrected chi connectivity index (χ2v) is 7.02. The second-order valence-electron chi connectivity index (χ2n) is 7.02. The van der Waals surface area contributed by atoms with Crippen molar-refractivity contribution in [3.05, 3.63) is 53.7 Å². The smallest absolute Gasteiger partial charge is 0.340 e. The lowest BCUT2D eigenvalue weighted by atomic mass is 10.1. The van der Waals surface area contributed by atoms with Crippen molar-refractivity contribution in [1.29, 1.82) is 0 Å². The van der Waals surface area contributed by atoms with Crippen LogP contribution in [-0.2, 0) is 4.74 Å². The Balaban J connectivity index is 2.17. The zero-order valence-corrected chi connectivity index (χ0v) is 17.7. The molecule has 0 fully saturated rings. The first-order valence-electron chi connectivity index (χ1n) is 9.71. The van der Waals surface area contributed by atoms with E-state index in [4.69, 9.17) is 14.2 Å². The van der Waals surface area contributed by atoms with Crippen molar-refractivity contribution in [3.8, 4) is 17.2 Å². The van der Waals surface area contributed by atoms with Crippen LogP contribution in [0.15, 0.2) is 42.5 Å². The van der Waals surface area contributed by atoms with E-state index in [0.29, 0.717) is 18.8 Å². The number of aromatic nitrogens is 1. The maximum atomic E-state index is 12.8. The summed E-state index contributed by atoms with van der Waals surface area (Å²) in [7, 11) is 5.65. The van der Waals surface area contributed by atoms with Gasteiger partial charge in [-0.05, 0) is 58.3 Å². The van der Waals surface area contributed by atoms with Gasteiger partial charge in [-0.2, -0.15) is 0 Å². The fourth-order valence-corrected chi connectivity index (χ4v) is 3.42. The van der Waals surface area contributed by atoms with Gasteiger partial charge in [0.15, 0.2) is 0 Å². The van der Waals surface area contributed by atoms with E-state index in [-0.39, 0.29) is 5.97 Å². The van der Waals surface area contributed by atoms with E-state index in [2.05, 4.69) is 4.90 Å². The average Bonchev–Trinajstić information content (AvgIpc) is 2.99. The van der Waals surface area contributed by atoms with Gasteiger partial charge >= 0.3 is 5.97 Å². The molecule has 3 rings (SSSR count). The molecule has 0 radical (unpaired) electrons. The molecule has 0 N–H and O–H groups in total. The quantitative estimate of drug-likeness (QED) is 0.538. The van der Waals surface area contributed by atoms with Crippen LogP contribution in [0.1, 0.15) is 23.0 Å². The van der Waals surface area contributed by atoms with E-state index in [9.17, 15) is 4.79 Å². The predicted octanol–water partition coefficient (Wildman–Crippen LogP) is 4.06. The third-order valence-electron chi connectivity index (χ3n) is 4.79. The number of carbonyl (C=O) groups is 1. The summed E-state index contributed by atoms with van der Waals surface area (Å²) in [5.41, 5.74) is 3.11. The topological polar surface area (TPSA) is 52.9 Å². The van der Waals surface area contributed by atoms with Crippen molar-refractivity contribution in [1.82, 2.24) is 9.47 Å². The molecule has 0 bridgehead atoms. The van der Waals surface area contributed by atoms with Gasteiger partial charge < -0.3 is 23.7 Å². The molecule has 6 nitrogen and oxygen atoms in total. The highest BCUT2D eigenvalue weighted by molar-refractivity contribution is 6.07. The van der Waals surface area contributed by atoms with E-state index in [1.54, 1.807) is 7.11 Å². The number of rotatable bonds is 8. The Labute approximate surface area is 171 Å². The summed E-state index contributed by atoms with van der Waals surface area (Å²) in [4.78, 5) is 14.8. The molecule has 1 aromatic heterocycles. The second kappa shape index (κ2) is 9.01. The molecular weight excluding hydrogens is 368 g/mol. The molecule has 0 spiro atoms. The number of nitrogens with zero attached hydrogens (tertiary/aromatic N) is 2. The van der Waals surface area contributed by atoms with Gasteiger partial charge in [-0.1, -0.05) is 12.1 Å². The minimum absolute atomic E-state index is 0.318. The monoisotopic (exact) mass is 396 g/mol. The van der Waals surface area contributed by atoms with E-state index in [1.165, 1.54) is 0 Å². The Hall–Kier alpha value is -2.99. The van der Waals surface area contributed by atoms with Crippen LogP contribution in [0.3, 0.4) is 0 Å². The predicted molar refractivity (Wildman–Crippen MR) is 115 cm³/mol. The van der Waals surface area contributed by atoms with Crippen LogP contribution in [0.25, 0.3) is 16.6 Å². The lowest BCUT2D eigenvalue weighted by molar-refractivity contribution is 0.0527. The standard InChI is InChI=1S/C23H28N2O4/c1-6-28-23(26)22-16(2)25(20-9-7-8-10-21(20)27-5)19-12-11-17(15-18(19)22)29-14-13-24(3)4/h7-12,15H,6,13-14H2,1-5H3. The Morgan fingerprint density at radius 1 is 1.14 bits per heavy atom. The molecule has 0 atom stereocenters. The number of benzene rings is 2. The SMILES string of the molecule is CCOC(=O)c1c(C)n(-c2ccccc2OC)c2ccc(OCCN(C)C)cc12. The summed E-state index contributed by atoms with van der Waals surface area (Å²) in [6, 6.07) is 13.6. The van der Waals surface area contributed by atoms with E-state index >= 15 is 0 Å². The van der Waals surface area contributed by atoms with E-state index in [0.717, 1.165) is 40.3 Å². The van der Waals surface area contributed by atoms with Crippen LogP contribution in [0.5, 0.6) is 11.5 Å². The van der Waals surface area contributed by atoms with Crippen LogP contribution in [0.4, 0.5) is 0 Å². The highest BCUT2D eigenvalue weighted by Gasteiger charge is 2.23. The maximum Gasteiger partial charge on any atom is 0.340 e. The van der Waals surface area contributed by atoms with Gasteiger partial charge in [-0.25, -0.2) is 4.79 Å². The summed E-state index contributed by atoms with van der Waals surface area (Å²) in [5, 5.41) is 0.800. The number of likely N-dealkylation sites (N-methyl/N-ethyl adjacent to an activating group) is 1. The molecule has 1 heterocycles. The Kier molecular flexibility index (Phi) is 6.44. The fraction of sp³-hybridized carbons (Fsp3) is 0.348. The van der Waals surface area contributed by atoms with Gasteiger partial charge in [0.2, 0.25) is 0 Å². The summed E-state index contributed by atoms with van der Waals surface area (Å²) in [5.74, 6) is 1.12. The largest absolute Gasteiger partial charge is 0.495 e. The molecule has 0 saturated heterocycles. The molecule has 2 aromatic carbocycles. The first-order valence-corrected chi connectivity index (χ1v) is 9.71. The lowest BCUT2D eigenvalue weighted by Gasteiger charge is -2.13. The third kappa shape index (κ3) is 4.22. The van der Waals surface area contributed by atoms with Crippen molar-refractivity contribution < 1.29 is 19.0 Å². The van der Waals surface area contributed by atoms with Gasteiger partial charge in [0.05, 0.1) is 30.5 Å². The van der Waals surface area contributed by atoms with Crippen LogP contribution in [0, 0.1) is 6.92 Å². The number of carbonyl (C=O) groups excluding carboxylic acids is 1. The molecule has 6 heteroatoms. The third-order valence-corrected chi connectivity index (χ3v) is 4.79. The van der Waals surface area contributed by atoms with Crippen molar-refractivity contribution in [2.45, 2.75) is 13.8 Å². The van der Waals surface area contributed by atoms with Gasteiger partial charge in [-0.3, -0.25) is 0 Å². The Morgan fingerprint density at radius 3 is 2.59 bits per heavy atom. The summed E-state index contributed by atoms with van der Waals surface area (Å²) in [6.07, 6.45) is 0. The Morgan fingerprint density at radius 2 is 1.90 bits per heavy atom. The molecule has 0 aliphatic carbocycles. The summed E-state index contributed by atoms with van der Waals surface area (Å²) < 4.78 is 18.8. The number of hydrogen-bond acceptors (Lipinski definition) is 5. The number of hydrogen-bond donors (Lipinski definition) is 0. The highest BCUT2D eigenvalue weighted by atomic mass is 16.5. The molecule has 0 unspecified atom stereocenters. The highest BCUT2D eigenvalue weighted by Crippen LogP contribution is 2.35. The summed E-state index contributed by atoms with van der Waals surface area (Å²) in [6.45, 7) is 5.43. The number of fused-ring (bicyclic) bond motifs is 1. The van der Waals surface area contributed by atoms with Gasteiger partial charge in [0.25, 0.3) is 0 Å². The van der Waals surface area contributed by atoms with Gasteiger partial charge in [0.1, 0.15) is 18.1 Å². The lowest BCUT2D eigenvalue weighted by Crippen LogP contribution is -2.19. The average molecular weight is 396 g/mol. The van der Waals surface area contributed by atoms with Crippen molar-refractivity contribution in [2.24, 2.45) is 0 Å².